The number of rotatable bonds is 2. The number of aromatic nitrogens is 3. The van der Waals surface area contributed by atoms with Gasteiger partial charge in [0.1, 0.15) is 5.82 Å². The average molecular weight is 194 g/mol. The van der Waals surface area contributed by atoms with Crippen LogP contribution in [0.2, 0.25) is 0 Å². The number of nitrogens with two attached hydrogens (primary N) is 1. The minimum Gasteiger partial charge on any atom is -0.324 e. The molecule has 1 heterocycles. The van der Waals surface area contributed by atoms with E-state index < -0.39 is 0 Å². The summed E-state index contributed by atoms with van der Waals surface area (Å²) >= 11 is 0. The molecule has 78 valence electrons. The summed E-state index contributed by atoms with van der Waals surface area (Å²) in [6, 6.07) is 0. The van der Waals surface area contributed by atoms with E-state index in [1.165, 1.54) is 25.7 Å². The molecule has 4 nitrogen and oxygen atoms in total. The molecule has 1 aromatic heterocycles. The van der Waals surface area contributed by atoms with Gasteiger partial charge in [-0.25, -0.2) is 4.98 Å². The first-order valence-electron chi connectivity index (χ1n) is 5.41. The largest absolute Gasteiger partial charge is 0.324 e. The van der Waals surface area contributed by atoms with Crippen molar-refractivity contribution in [2.75, 3.05) is 0 Å². The fourth-order valence-electron chi connectivity index (χ4n) is 2.25. The zero-order chi connectivity index (χ0) is 9.97. The maximum Gasteiger partial charge on any atom is 0.153 e. The van der Waals surface area contributed by atoms with Crippen LogP contribution in [0.3, 0.4) is 0 Å². The Balaban J connectivity index is 2.06. The van der Waals surface area contributed by atoms with Crippen molar-refractivity contribution in [3.05, 3.63) is 11.6 Å². The molecular formula is C10H18N4. The molecule has 0 radical (unpaired) electrons. The van der Waals surface area contributed by atoms with Gasteiger partial charge in [0.2, 0.25) is 0 Å². The van der Waals surface area contributed by atoms with Gasteiger partial charge in [0.15, 0.2) is 5.82 Å². The Morgan fingerprint density at radius 2 is 2.36 bits per heavy atom. The fourth-order valence-corrected chi connectivity index (χ4v) is 2.25. The molecule has 0 bridgehead atoms. The van der Waals surface area contributed by atoms with Crippen LogP contribution in [-0.4, -0.2) is 15.2 Å². The molecule has 0 spiro atoms. The zero-order valence-electron chi connectivity index (χ0n) is 8.66. The second kappa shape index (κ2) is 4.09. The third kappa shape index (κ3) is 1.95. The molecule has 0 amide bonds. The summed E-state index contributed by atoms with van der Waals surface area (Å²) in [5.41, 5.74) is 5.49. The van der Waals surface area contributed by atoms with Crippen molar-refractivity contribution in [3.63, 3.8) is 0 Å². The van der Waals surface area contributed by atoms with E-state index in [1.54, 1.807) is 0 Å². The molecule has 14 heavy (non-hydrogen) atoms. The van der Waals surface area contributed by atoms with Crippen LogP contribution >= 0.6 is 0 Å². The van der Waals surface area contributed by atoms with E-state index in [2.05, 4.69) is 22.1 Å². The highest BCUT2D eigenvalue weighted by molar-refractivity contribution is 4.99. The summed E-state index contributed by atoms with van der Waals surface area (Å²) in [4.78, 5) is 4.40. The molecule has 2 unspecified atom stereocenters. The molecule has 1 saturated carbocycles. The van der Waals surface area contributed by atoms with Crippen LogP contribution in [0.4, 0.5) is 0 Å². The van der Waals surface area contributed by atoms with Gasteiger partial charge in [-0.2, -0.15) is 5.10 Å². The van der Waals surface area contributed by atoms with Crippen LogP contribution in [0.25, 0.3) is 0 Å². The van der Waals surface area contributed by atoms with Gasteiger partial charge in [0, 0.05) is 5.92 Å². The zero-order valence-corrected chi connectivity index (χ0v) is 8.66. The standard InChI is InChI=1S/C10H18N4/c1-7-3-2-4-8(5-7)10-12-9(6-11)13-14-10/h7-8H,2-6,11H2,1H3,(H,12,13,14). The first-order chi connectivity index (χ1) is 6.79. The summed E-state index contributed by atoms with van der Waals surface area (Å²) in [7, 11) is 0. The lowest BCUT2D eigenvalue weighted by molar-refractivity contribution is 0.335. The minimum absolute atomic E-state index is 0.454. The van der Waals surface area contributed by atoms with E-state index in [-0.39, 0.29) is 0 Å². The van der Waals surface area contributed by atoms with Gasteiger partial charge < -0.3 is 5.73 Å². The molecule has 4 heteroatoms. The van der Waals surface area contributed by atoms with Crippen LogP contribution in [0.15, 0.2) is 0 Å². The molecule has 0 aromatic carbocycles. The quantitative estimate of drug-likeness (QED) is 0.750. The van der Waals surface area contributed by atoms with Gasteiger partial charge in [0.25, 0.3) is 0 Å². The Labute approximate surface area is 84.3 Å². The maximum absolute atomic E-state index is 5.49. The van der Waals surface area contributed by atoms with Gasteiger partial charge in [0.05, 0.1) is 6.54 Å². The normalized spacial score (nSPS) is 27.9. The van der Waals surface area contributed by atoms with E-state index in [9.17, 15) is 0 Å². The average Bonchev–Trinajstić information content (AvgIpc) is 2.66. The smallest absolute Gasteiger partial charge is 0.153 e. The van der Waals surface area contributed by atoms with E-state index in [4.69, 9.17) is 5.73 Å². The van der Waals surface area contributed by atoms with Crippen molar-refractivity contribution in [2.24, 2.45) is 11.7 Å². The van der Waals surface area contributed by atoms with Gasteiger partial charge >= 0.3 is 0 Å². The number of hydrogen-bond donors (Lipinski definition) is 2. The van der Waals surface area contributed by atoms with Crippen LogP contribution in [-0.2, 0) is 6.54 Å². The molecule has 1 aliphatic rings. The second-order valence-electron chi connectivity index (χ2n) is 4.31. The maximum atomic E-state index is 5.49. The van der Waals surface area contributed by atoms with E-state index >= 15 is 0 Å². The van der Waals surface area contributed by atoms with Crippen LogP contribution in [0.5, 0.6) is 0 Å². The van der Waals surface area contributed by atoms with Crippen molar-refractivity contribution in [1.29, 1.82) is 0 Å². The number of nitrogens with zero attached hydrogens (tertiary/aromatic N) is 2. The summed E-state index contributed by atoms with van der Waals surface area (Å²) in [5, 5.41) is 7.11. The third-order valence-corrected chi connectivity index (χ3v) is 3.04. The SMILES string of the molecule is CC1CCCC(c2n[nH]c(CN)n2)C1. The van der Waals surface area contributed by atoms with Crippen LogP contribution < -0.4 is 5.73 Å². The number of hydrogen-bond acceptors (Lipinski definition) is 3. The van der Waals surface area contributed by atoms with Gasteiger partial charge in [-0.1, -0.05) is 19.8 Å². The second-order valence-corrected chi connectivity index (χ2v) is 4.31. The molecule has 3 N–H and O–H groups in total. The van der Waals surface area contributed by atoms with E-state index in [0.29, 0.717) is 12.5 Å². The topological polar surface area (TPSA) is 67.6 Å². The number of H-pyrrole nitrogens is 1. The molecule has 2 atom stereocenters. The highest BCUT2D eigenvalue weighted by atomic mass is 15.2. The van der Waals surface area contributed by atoms with Crippen molar-refractivity contribution in [3.8, 4) is 0 Å². The fraction of sp³-hybridized carbons (Fsp3) is 0.800. The van der Waals surface area contributed by atoms with Gasteiger partial charge in [-0.3, -0.25) is 5.10 Å². The number of aromatic amines is 1. The van der Waals surface area contributed by atoms with E-state index in [1.807, 2.05) is 0 Å². The molecule has 1 aromatic rings. The van der Waals surface area contributed by atoms with Gasteiger partial charge in [-0.15, -0.1) is 0 Å². The summed E-state index contributed by atoms with van der Waals surface area (Å²) in [5.74, 6) is 3.14. The summed E-state index contributed by atoms with van der Waals surface area (Å²) in [6.07, 6.45) is 5.11. The summed E-state index contributed by atoms with van der Waals surface area (Å²) < 4.78 is 0. The molecular weight excluding hydrogens is 176 g/mol. The van der Waals surface area contributed by atoms with Crippen molar-refractivity contribution < 1.29 is 0 Å². The van der Waals surface area contributed by atoms with E-state index in [0.717, 1.165) is 17.6 Å². The molecule has 1 aliphatic carbocycles. The third-order valence-electron chi connectivity index (χ3n) is 3.04. The molecule has 0 saturated heterocycles. The lowest BCUT2D eigenvalue weighted by Gasteiger charge is -2.24. The lowest BCUT2D eigenvalue weighted by atomic mass is 9.82. The predicted molar refractivity (Wildman–Crippen MR) is 54.6 cm³/mol. The molecule has 2 rings (SSSR count). The highest BCUT2D eigenvalue weighted by Gasteiger charge is 2.23. The van der Waals surface area contributed by atoms with Crippen molar-refractivity contribution in [2.45, 2.75) is 45.1 Å². The first-order valence-corrected chi connectivity index (χ1v) is 5.41. The summed E-state index contributed by atoms with van der Waals surface area (Å²) in [6.45, 7) is 2.76. The van der Waals surface area contributed by atoms with Crippen molar-refractivity contribution >= 4 is 0 Å². The lowest BCUT2D eigenvalue weighted by Crippen LogP contribution is -2.13. The van der Waals surface area contributed by atoms with Crippen LogP contribution in [0, 0.1) is 5.92 Å². The first kappa shape index (κ1) is 9.65. The Bertz CT molecular complexity index is 294. The number of nitrogens with one attached hydrogen (secondary N) is 1. The highest BCUT2D eigenvalue weighted by Crippen LogP contribution is 2.34. The minimum atomic E-state index is 0.454. The molecule has 0 aliphatic heterocycles. The Kier molecular flexibility index (Phi) is 2.82. The monoisotopic (exact) mass is 194 g/mol. The van der Waals surface area contributed by atoms with Crippen molar-refractivity contribution in [1.82, 2.24) is 15.2 Å². The van der Waals surface area contributed by atoms with Crippen LogP contribution in [0.1, 0.15) is 50.2 Å². The molecule has 1 fully saturated rings. The Hall–Kier alpha value is -0.900. The Morgan fingerprint density at radius 3 is 3.00 bits per heavy atom. The predicted octanol–water partition coefficient (Wildman–Crippen LogP) is 1.56. The van der Waals surface area contributed by atoms with Gasteiger partial charge in [-0.05, 0) is 18.8 Å². The Morgan fingerprint density at radius 1 is 1.50 bits per heavy atom.